The largest absolute Gasteiger partial charge is 0.497 e. The fraction of sp³-hybridized carbons (Fsp3) is 0.667. The number of hydrogen-bond acceptors (Lipinski definition) is 3. The smallest absolute Gasteiger partial charge is 0.191 e. The van der Waals surface area contributed by atoms with Crippen molar-refractivity contribution in [1.82, 2.24) is 10.6 Å². The van der Waals surface area contributed by atoms with E-state index in [9.17, 15) is 5.11 Å². The van der Waals surface area contributed by atoms with E-state index in [0.29, 0.717) is 11.8 Å². The molecule has 1 unspecified atom stereocenters. The first-order valence-electron chi connectivity index (χ1n) is 9.85. The Hall–Kier alpha value is -1.75. The number of ether oxygens (including phenoxy) is 1. The molecule has 1 aromatic rings. The molecule has 0 aromatic heterocycles. The van der Waals surface area contributed by atoms with Gasteiger partial charge in [0.05, 0.1) is 7.11 Å². The second-order valence-corrected chi connectivity index (χ2v) is 7.11. The molecule has 5 heteroatoms. The summed E-state index contributed by atoms with van der Waals surface area (Å²) in [7, 11) is 1.70. The molecule has 0 saturated heterocycles. The zero-order chi connectivity index (χ0) is 19.2. The van der Waals surface area contributed by atoms with Crippen LogP contribution in [-0.2, 0) is 6.42 Å². The van der Waals surface area contributed by atoms with Crippen LogP contribution in [0, 0.1) is 11.8 Å². The lowest BCUT2D eigenvalue weighted by molar-refractivity contribution is 0.245. The number of aryl methyl sites for hydroxylation is 1. The monoisotopic (exact) mass is 363 g/mol. The molecule has 1 atom stereocenters. The number of nitrogens with zero attached hydrogens (tertiary/aromatic N) is 1. The molecule has 26 heavy (non-hydrogen) atoms. The van der Waals surface area contributed by atoms with Crippen molar-refractivity contribution in [2.45, 2.75) is 46.5 Å². The van der Waals surface area contributed by atoms with Crippen molar-refractivity contribution >= 4 is 5.96 Å². The van der Waals surface area contributed by atoms with E-state index in [1.165, 1.54) is 5.56 Å². The lowest BCUT2D eigenvalue weighted by atomic mass is 9.94. The number of benzene rings is 1. The minimum Gasteiger partial charge on any atom is -0.497 e. The van der Waals surface area contributed by atoms with Gasteiger partial charge in [0.25, 0.3) is 0 Å². The summed E-state index contributed by atoms with van der Waals surface area (Å²) in [5.74, 6) is 2.84. The molecule has 5 nitrogen and oxygen atoms in total. The quantitative estimate of drug-likeness (QED) is 0.303. The van der Waals surface area contributed by atoms with Crippen LogP contribution in [-0.4, -0.2) is 44.4 Å². The van der Waals surface area contributed by atoms with E-state index < -0.39 is 0 Å². The minimum absolute atomic E-state index is 0.234. The maximum absolute atomic E-state index is 9.25. The molecular weight excluding hydrogens is 326 g/mol. The van der Waals surface area contributed by atoms with Gasteiger partial charge in [-0.2, -0.15) is 0 Å². The molecule has 0 aliphatic carbocycles. The second kappa shape index (κ2) is 13.5. The average molecular weight is 364 g/mol. The summed E-state index contributed by atoms with van der Waals surface area (Å²) in [6.07, 6.45) is 3.95. The van der Waals surface area contributed by atoms with E-state index in [-0.39, 0.29) is 6.61 Å². The van der Waals surface area contributed by atoms with Crippen molar-refractivity contribution in [3.63, 3.8) is 0 Å². The second-order valence-electron chi connectivity index (χ2n) is 7.11. The van der Waals surface area contributed by atoms with Gasteiger partial charge < -0.3 is 20.5 Å². The fourth-order valence-corrected chi connectivity index (χ4v) is 3.02. The predicted molar refractivity (Wildman–Crippen MR) is 110 cm³/mol. The van der Waals surface area contributed by atoms with Crippen LogP contribution < -0.4 is 15.4 Å². The van der Waals surface area contributed by atoms with Gasteiger partial charge in [-0.3, -0.25) is 4.99 Å². The molecule has 3 N–H and O–H groups in total. The van der Waals surface area contributed by atoms with Crippen LogP contribution in [0.5, 0.6) is 5.75 Å². The molecule has 0 amide bonds. The van der Waals surface area contributed by atoms with Gasteiger partial charge in [-0.25, -0.2) is 0 Å². The van der Waals surface area contributed by atoms with Gasteiger partial charge in [-0.1, -0.05) is 26.0 Å². The maximum atomic E-state index is 9.25. The highest BCUT2D eigenvalue weighted by molar-refractivity contribution is 5.79. The Balaban J connectivity index is 2.45. The third-order valence-electron chi connectivity index (χ3n) is 4.26. The minimum atomic E-state index is 0.234. The summed E-state index contributed by atoms with van der Waals surface area (Å²) in [6, 6.07) is 8.22. The molecule has 148 valence electrons. The number of aliphatic hydroxyl groups is 1. The molecule has 0 saturated carbocycles. The van der Waals surface area contributed by atoms with Crippen molar-refractivity contribution in [2.24, 2.45) is 16.8 Å². The number of aliphatic imine (C=N–C) groups is 1. The molecule has 0 bridgehead atoms. The first kappa shape index (κ1) is 22.3. The topological polar surface area (TPSA) is 65.9 Å². The van der Waals surface area contributed by atoms with Crippen LogP contribution in [0.15, 0.2) is 29.3 Å². The average Bonchev–Trinajstić information content (AvgIpc) is 2.62. The molecular formula is C21H37N3O2. The third kappa shape index (κ3) is 9.66. The van der Waals surface area contributed by atoms with Crippen LogP contribution in [0.1, 0.15) is 45.6 Å². The van der Waals surface area contributed by atoms with E-state index in [1.54, 1.807) is 7.11 Å². The van der Waals surface area contributed by atoms with Gasteiger partial charge in [0.1, 0.15) is 5.75 Å². The molecule has 1 aromatic carbocycles. The van der Waals surface area contributed by atoms with E-state index in [4.69, 9.17) is 9.73 Å². The lowest BCUT2D eigenvalue weighted by Crippen LogP contribution is -2.38. The van der Waals surface area contributed by atoms with Crippen molar-refractivity contribution < 1.29 is 9.84 Å². The summed E-state index contributed by atoms with van der Waals surface area (Å²) in [5, 5.41) is 16.0. The fourth-order valence-electron chi connectivity index (χ4n) is 3.02. The summed E-state index contributed by atoms with van der Waals surface area (Å²) in [6.45, 7) is 9.22. The van der Waals surface area contributed by atoms with Crippen LogP contribution in [0.4, 0.5) is 0 Å². The summed E-state index contributed by atoms with van der Waals surface area (Å²) in [5.41, 5.74) is 1.29. The van der Waals surface area contributed by atoms with Gasteiger partial charge in [-0.05, 0) is 62.1 Å². The Morgan fingerprint density at radius 3 is 2.73 bits per heavy atom. The van der Waals surface area contributed by atoms with Gasteiger partial charge in [0.15, 0.2) is 5.96 Å². The highest BCUT2D eigenvalue weighted by atomic mass is 16.5. The Morgan fingerprint density at radius 2 is 2.08 bits per heavy atom. The Kier molecular flexibility index (Phi) is 11.5. The molecule has 0 fully saturated rings. The first-order chi connectivity index (χ1) is 12.6. The van der Waals surface area contributed by atoms with Crippen LogP contribution >= 0.6 is 0 Å². The summed E-state index contributed by atoms with van der Waals surface area (Å²) < 4.78 is 5.27. The summed E-state index contributed by atoms with van der Waals surface area (Å²) >= 11 is 0. The van der Waals surface area contributed by atoms with E-state index in [1.807, 2.05) is 12.1 Å². The summed E-state index contributed by atoms with van der Waals surface area (Å²) in [4.78, 5) is 4.72. The molecule has 0 aliphatic rings. The molecule has 0 aliphatic heterocycles. The first-order valence-corrected chi connectivity index (χ1v) is 9.85. The van der Waals surface area contributed by atoms with Crippen LogP contribution in [0.25, 0.3) is 0 Å². The van der Waals surface area contributed by atoms with E-state index in [2.05, 4.69) is 43.5 Å². The number of rotatable bonds is 12. The van der Waals surface area contributed by atoms with Gasteiger partial charge >= 0.3 is 0 Å². The standard InChI is InChI=1S/C21H37N3O2/c1-5-22-21(24-16-19(11-13-25)14-17(2)3)23-12-7-9-18-8-6-10-20(15-18)26-4/h6,8,10,15,17,19,25H,5,7,9,11-14,16H2,1-4H3,(H2,22,23,24). The van der Waals surface area contributed by atoms with Crippen molar-refractivity contribution in [3.8, 4) is 5.75 Å². The van der Waals surface area contributed by atoms with E-state index >= 15 is 0 Å². The molecule has 0 heterocycles. The number of methoxy groups -OCH3 is 1. The normalized spacial score (nSPS) is 12.9. The zero-order valence-electron chi connectivity index (χ0n) is 16.9. The molecule has 0 radical (unpaired) electrons. The SMILES string of the molecule is CCNC(=NCC(CCO)CC(C)C)NCCCc1cccc(OC)c1. The zero-order valence-corrected chi connectivity index (χ0v) is 16.9. The van der Waals surface area contributed by atoms with Crippen molar-refractivity contribution in [2.75, 3.05) is 33.4 Å². The van der Waals surface area contributed by atoms with Crippen molar-refractivity contribution in [3.05, 3.63) is 29.8 Å². The highest BCUT2D eigenvalue weighted by Gasteiger charge is 2.10. The number of hydrogen-bond donors (Lipinski definition) is 3. The number of aliphatic hydroxyl groups excluding tert-OH is 1. The molecule has 0 spiro atoms. The maximum Gasteiger partial charge on any atom is 0.191 e. The van der Waals surface area contributed by atoms with E-state index in [0.717, 1.165) is 57.0 Å². The van der Waals surface area contributed by atoms with Gasteiger partial charge in [0.2, 0.25) is 0 Å². The Labute approximate surface area is 159 Å². The van der Waals surface area contributed by atoms with Crippen molar-refractivity contribution in [1.29, 1.82) is 0 Å². The number of guanidine groups is 1. The Bertz CT molecular complexity index is 518. The highest BCUT2D eigenvalue weighted by Crippen LogP contribution is 2.15. The van der Waals surface area contributed by atoms with Crippen LogP contribution in [0.2, 0.25) is 0 Å². The number of nitrogens with one attached hydrogen (secondary N) is 2. The lowest BCUT2D eigenvalue weighted by Gasteiger charge is -2.17. The van der Waals surface area contributed by atoms with Crippen LogP contribution in [0.3, 0.4) is 0 Å². The third-order valence-corrected chi connectivity index (χ3v) is 4.26. The predicted octanol–water partition coefficient (Wildman–Crippen LogP) is 3.23. The van der Waals surface area contributed by atoms with Gasteiger partial charge in [-0.15, -0.1) is 0 Å². The Morgan fingerprint density at radius 1 is 1.27 bits per heavy atom. The van der Waals surface area contributed by atoms with Gasteiger partial charge in [0, 0.05) is 26.2 Å². The molecule has 1 rings (SSSR count).